The summed E-state index contributed by atoms with van der Waals surface area (Å²) in [4.78, 5) is 0. The van der Waals surface area contributed by atoms with Crippen LogP contribution in [0.5, 0.6) is 0 Å². The summed E-state index contributed by atoms with van der Waals surface area (Å²) in [6, 6.07) is 4.80. The van der Waals surface area contributed by atoms with Gasteiger partial charge in [0.25, 0.3) is 0 Å². The van der Waals surface area contributed by atoms with Crippen molar-refractivity contribution in [3.63, 3.8) is 0 Å². The zero-order chi connectivity index (χ0) is 15.9. The molecule has 20 heavy (non-hydrogen) atoms. The molecule has 0 amide bonds. The summed E-state index contributed by atoms with van der Waals surface area (Å²) in [5.74, 6) is 0. The fourth-order valence-electron chi connectivity index (χ4n) is 2.36. The Bertz CT molecular complexity index is 447. The first-order chi connectivity index (χ1) is 8.78. The topological polar surface area (TPSA) is 0 Å². The Balaban J connectivity index is 3.75. The van der Waals surface area contributed by atoms with Gasteiger partial charge in [0.05, 0.1) is 0 Å². The molecule has 0 aliphatic carbocycles. The molecule has 0 spiro atoms. The van der Waals surface area contributed by atoms with Crippen LogP contribution in [-0.4, -0.2) is 14.5 Å². The van der Waals surface area contributed by atoms with Crippen LogP contribution < -0.4 is 4.40 Å². The average molecular weight is 353 g/mol. The molecular weight excluding hydrogens is 324 g/mol. The molecule has 112 valence electrons. The standard InChI is InChI=1S/C18H29ClGe/c1-16(2,3)12-10-13(17(4,5)6)15(20-19)14(11-12)18(7,8)9/h10-11H,1-9H3. The van der Waals surface area contributed by atoms with Gasteiger partial charge in [0, 0.05) is 0 Å². The molecule has 0 atom stereocenters. The Kier molecular flexibility index (Phi) is 5.14. The monoisotopic (exact) mass is 354 g/mol. The fourth-order valence-corrected chi connectivity index (χ4v) is 5.72. The van der Waals surface area contributed by atoms with E-state index in [0.717, 1.165) is 0 Å². The summed E-state index contributed by atoms with van der Waals surface area (Å²) in [7, 11) is 6.44. The minimum absolute atomic E-state index is 0.148. The number of rotatable bonds is 1. The molecule has 0 aliphatic heterocycles. The van der Waals surface area contributed by atoms with Crippen molar-refractivity contribution in [2.75, 3.05) is 0 Å². The first kappa shape index (κ1) is 18.1. The average Bonchev–Trinajstić information content (AvgIpc) is 2.23. The van der Waals surface area contributed by atoms with Gasteiger partial charge in [0.15, 0.2) is 0 Å². The van der Waals surface area contributed by atoms with Crippen molar-refractivity contribution in [2.24, 2.45) is 0 Å². The van der Waals surface area contributed by atoms with Gasteiger partial charge in [-0.1, -0.05) is 0 Å². The van der Waals surface area contributed by atoms with E-state index in [-0.39, 0.29) is 16.2 Å². The van der Waals surface area contributed by atoms with Crippen LogP contribution in [0.2, 0.25) is 0 Å². The summed E-state index contributed by atoms with van der Waals surface area (Å²) in [5, 5.41) is 0. The van der Waals surface area contributed by atoms with Crippen molar-refractivity contribution >= 4 is 28.9 Å². The quantitative estimate of drug-likeness (QED) is 0.619. The van der Waals surface area contributed by atoms with Crippen LogP contribution in [0.3, 0.4) is 0 Å². The van der Waals surface area contributed by atoms with Crippen LogP contribution in [0.25, 0.3) is 0 Å². The molecule has 0 fully saturated rings. The van der Waals surface area contributed by atoms with Crippen LogP contribution in [0.1, 0.15) is 79.0 Å². The molecule has 1 aromatic rings. The predicted molar refractivity (Wildman–Crippen MR) is 93.8 cm³/mol. The first-order valence-corrected chi connectivity index (χ1v) is 11.1. The molecule has 2 heteroatoms. The maximum atomic E-state index is 6.44. The first-order valence-electron chi connectivity index (χ1n) is 7.34. The van der Waals surface area contributed by atoms with Gasteiger partial charge in [-0.05, 0) is 0 Å². The maximum absolute atomic E-state index is 6.44. The summed E-state index contributed by atoms with van der Waals surface area (Å²) in [5.41, 5.74) is 4.79. The molecule has 0 saturated heterocycles. The van der Waals surface area contributed by atoms with Gasteiger partial charge < -0.3 is 0 Å². The van der Waals surface area contributed by atoms with Crippen molar-refractivity contribution < 1.29 is 0 Å². The van der Waals surface area contributed by atoms with Crippen molar-refractivity contribution in [3.8, 4) is 0 Å². The van der Waals surface area contributed by atoms with Crippen LogP contribution in [0.4, 0.5) is 0 Å². The van der Waals surface area contributed by atoms with Crippen molar-refractivity contribution in [2.45, 2.75) is 78.6 Å². The second-order valence-electron chi connectivity index (χ2n) is 8.79. The molecule has 0 bridgehead atoms. The van der Waals surface area contributed by atoms with E-state index in [0.29, 0.717) is 0 Å². The molecular formula is C18H29ClGe. The van der Waals surface area contributed by atoms with E-state index < -0.39 is 14.5 Å². The van der Waals surface area contributed by atoms with Gasteiger partial charge in [-0.25, -0.2) is 0 Å². The molecule has 0 N–H and O–H groups in total. The van der Waals surface area contributed by atoms with E-state index >= 15 is 0 Å². The molecule has 0 nitrogen and oxygen atoms in total. The minimum atomic E-state index is -0.584. The van der Waals surface area contributed by atoms with Crippen LogP contribution in [0, 0.1) is 0 Å². The molecule has 0 heterocycles. The molecule has 0 unspecified atom stereocenters. The molecule has 1 aromatic carbocycles. The van der Waals surface area contributed by atoms with Gasteiger partial charge in [0.2, 0.25) is 0 Å². The molecule has 0 saturated carbocycles. The summed E-state index contributed by atoms with van der Waals surface area (Å²) < 4.78 is 1.44. The van der Waals surface area contributed by atoms with E-state index in [9.17, 15) is 0 Å². The third-order valence-electron chi connectivity index (χ3n) is 3.71. The fraction of sp³-hybridized carbons (Fsp3) is 0.667. The second-order valence-corrected chi connectivity index (χ2v) is 11.2. The predicted octanol–water partition coefficient (Wildman–Crippen LogP) is 5.06. The van der Waals surface area contributed by atoms with Crippen molar-refractivity contribution in [1.82, 2.24) is 0 Å². The normalized spacial score (nSPS) is 13.7. The van der Waals surface area contributed by atoms with Gasteiger partial charge in [-0.3, -0.25) is 0 Å². The van der Waals surface area contributed by atoms with E-state index in [4.69, 9.17) is 10.0 Å². The van der Waals surface area contributed by atoms with Gasteiger partial charge in [-0.15, -0.1) is 0 Å². The summed E-state index contributed by atoms with van der Waals surface area (Å²) >= 11 is -0.584. The Hall–Kier alpha value is 0.0529. The number of halogens is 1. The second kappa shape index (κ2) is 5.68. The van der Waals surface area contributed by atoms with Crippen molar-refractivity contribution in [1.29, 1.82) is 0 Å². The van der Waals surface area contributed by atoms with Gasteiger partial charge >= 0.3 is 136 Å². The van der Waals surface area contributed by atoms with Gasteiger partial charge in [-0.2, -0.15) is 0 Å². The number of hydrogen-bond donors (Lipinski definition) is 0. The summed E-state index contributed by atoms with van der Waals surface area (Å²) in [6.45, 7) is 20.6. The Morgan fingerprint density at radius 3 is 1.25 bits per heavy atom. The van der Waals surface area contributed by atoms with E-state index in [1.807, 2.05) is 0 Å². The van der Waals surface area contributed by atoms with Crippen LogP contribution in [0.15, 0.2) is 12.1 Å². The zero-order valence-electron chi connectivity index (χ0n) is 14.5. The zero-order valence-corrected chi connectivity index (χ0v) is 17.4. The molecule has 0 aliphatic rings. The SMILES string of the molecule is CC(C)(C)c1cc(C(C)(C)C)[c]([Ge][Cl])c(C(C)(C)C)c1. The van der Waals surface area contributed by atoms with Crippen molar-refractivity contribution in [3.05, 3.63) is 28.8 Å². The summed E-state index contributed by atoms with van der Waals surface area (Å²) in [6.07, 6.45) is 0. The van der Waals surface area contributed by atoms with Crippen LogP contribution in [-0.2, 0) is 16.2 Å². The molecule has 2 radical (unpaired) electrons. The Morgan fingerprint density at radius 2 is 1.05 bits per heavy atom. The Labute approximate surface area is 136 Å². The van der Waals surface area contributed by atoms with Crippen LogP contribution >= 0.6 is 10.0 Å². The number of benzene rings is 1. The third kappa shape index (κ3) is 4.04. The molecule has 0 aromatic heterocycles. The van der Waals surface area contributed by atoms with E-state index in [1.165, 1.54) is 21.1 Å². The third-order valence-corrected chi connectivity index (χ3v) is 6.22. The Morgan fingerprint density at radius 1 is 0.700 bits per heavy atom. The number of hydrogen-bond acceptors (Lipinski definition) is 0. The molecule has 1 rings (SSSR count). The van der Waals surface area contributed by atoms with E-state index in [1.54, 1.807) is 0 Å². The van der Waals surface area contributed by atoms with E-state index in [2.05, 4.69) is 74.4 Å². The van der Waals surface area contributed by atoms with Gasteiger partial charge in [0.1, 0.15) is 0 Å².